The average molecular weight is 420 g/mol. The molecule has 0 aromatic carbocycles. The molecule has 2 N–H and O–H groups in total. The SMILES string of the molecule is O=C(NC1CC1)[C@H]1CC[C@@H]2[C@@H](CCN2c2ncc(F)cn2)O1.O=C(O)C(F)(F)F. The molecule has 29 heavy (non-hydrogen) atoms. The van der Waals surface area contributed by atoms with Gasteiger partial charge in [0.05, 0.1) is 24.5 Å². The van der Waals surface area contributed by atoms with Gasteiger partial charge in [0.25, 0.3) is 0 Å². The number of amides is 1. The smallest absolute Gasteiger partial charge is 0.475 e. The number of carboxylic acids is 1. The van der Waals surface area contributed by atoms with Gasteiger partial charge in [-0.15, -0.1) is 0 Å². The number of aromatic nitrogens is 2. The molecule has 2 aliphatic heterocycles. The molecule has 160 valence electrons. The van der Waals surface area contributed by atoms with Gasteiger partial charge in [-0.1, -0.05) is 0 Å². The van der Waals surface area contributed by atoms with Crippen LogP contribution >= 0.6 is 0 Å². The molecular weight excluding hydrogens is 400 g/mol. The van der Waals surface area contributed by atoms with Crippen molar-refractivity contribution in [3.8, 4) is 0 Å². The highest BCUT2D eigenvalue weighted by molar-refractivity contribution is 5.81. The van der Waals surface area contributed by atoms with Crippen molar-refractivity contribution < 1.29 is 37.0 Å². The average Bonchev–Trinajstić information content (AvgIpc) is 3.38. The number of alkyl halides is 3. The van der Waals surface area contributed by atoms with Crippen LogP contribution in [0.2, 0.25) is 0 Å². The van der Waals surface area contributed by atoms with E-state index in [-0.39, 0.29) is 24.2 Å². The number of hydrogen-bond donors (Lipinski definition) is 2. The minimum atomic E-state index is -5.08. The van der Waals surface area contributed by atoms with Gasteiger partial charge < -0.3 is 20.1 Å². The summed E-state index contributed by atoms with van der Waals surface area (Å²) in [5.74, 6) is -2.63. The molecule has 2 saturated heterocycles. The zero-order valence-corrected chi connectivity index (χ0v) is 15.2. The van der Waals surface area contributed by atoms with Crippen LogP contribution in [0.1, 0.15) is 32.1 Å². The summed E-state index contributed by atoms with van der Waals surface area (Å²) < 4.78 is 50.7. The van der Waals surface area contributed by atoms with E-state index in [1.165, 1.54) is 12.4 Å². The maximum Gasteiger partial charge on any atom is 0.490 e. The number of carbonyl (C=O) groups excluding carboxylic acids is 1. The molecule has 12 heteroatoms. The van der Waals surface area contributed by atoms with E-state index < -0.39 is 18.0 Å². The Labute approximate surface area is 163 Å². The van der Waals surface area contributed by atoms with Crippen molar-refractivity contribution in [1.82, 2.24) is 15.3 Å². The fraction of sp³-hybridized carbons (Fsp3) is 0.647. The number of ether oxygens (including phenoxy) is 1. The Balaban J connectivity index is 0.000000298. The fourth-order valence-corrected chi connectivity index (χ4v) is 3.34. The molecule has 4 rings (SSSR count). The number of carbonyl (C=O) groups is 2. The zero-order chi connectivity index (χ0) is 21.2. The van der Waals surface area contributed by atoms with Gasteiger partial charge in [-0.2, -0.15) is 13.2 Å². The lowest BCUT2D eigenvalue weighted by Gasteiger charge is -2.35. The standard InChI is InChI=1S/C15H19FN4O2.C2HF3O2/c16-9-7-17-15(18-8-9)20-6-5-12-11(20)3-4-13(22-12)14(21)19-10-1-2-10;3-2(4,5)1(6)7/h7-8,10-13H,1-6H2,(H,19,21);(H,6,7)/t11-,12-,13-;/m1./s1. The maximum atomic E-state index is 12.9. The summed E-state index contributed by atoms with van der Waals surface area (Å²) in [6, 6.07) is 0.539. The van der Waals surface area contributed by atoms with E-state index in [4.69, 9.17) is 14.6 Å². The number of nitrogens with one attached hydrogen (secondary N) is 1. The second-order valence-electron chi connectivity index (χ2n) is 7.08. The van der Waals surface area contributed by atoms with Crippen molar-refractivity contribution >= 4 is 17.8 Å². The summed E-state index contributed by atoms with van der Waals surface area (Å²) in [6.45, 7) is 0.776. The molecule has 1 aromatic heterocycles. The Hall–Kier alpha value is -2.50. The molecule has 3 atom stereocenters. The van der Waals surface area contributed by atoms with Gasteiger partial charge in [-0.3, -0.25) is 4.79 Å². The second kappa shape index (κ2) is 8.47. The van der Waals surface area contributed by atoms with Gasteiger partial charge in [-0.25, -0.2) is 19.2 Å². The fourth-order valence-electron chi connectivity index (χ4n) is 3.34. The summed E-state index contributed by atoms with van der Waals surface area (Å²) in [4.78, 5) is 31.2. The van der Waals surface area contributed by atoms with Crippen LogP contribution in [0.25, 0.3) is 0 Å². The number of aliphatic carboxylic acids is 1. The highest BCUT2D eigenvalue weighted by Crippen LogP contribution is 2.33. The van der Waals surface area contributed by atoms with Crippen LogP contribution in [0, 0.1) is 5.82 Å². The number of halogens is 4. The first-order valence-electron chi connectivity index (χ1n) is 9.15. The Bertz CT molecular complexity index is 742. The van der Waals surface area contributed by atoms with Crippen molar-refractivity contribution in [2.75, 3.05) is 11.4 Å². The first-order valence-corrected chi connectivity index (χ1v) is 9.15. The van der Waals surface area contributed by atoms with E-state index in [1.807, 2.05) is 0 Å². The van der Waals surface area contributed by atoms with Crippen LogP contribution in [-0.4, -0.2) is 64.0 Å². The van der Waals surface area contributed by atoms with Gasteiger partial charge >= 0.3 is 12.1 Å². The van der Waals surface area contributed by atoms with E-state index in [2.05, 4.69) is 20.2 Å². The number of anilines is 1. The van der Waals surface area contributed by atoms with E-state index in [9.17, 15) is 22.4 Å². The number of hydrogen-bond acceptors (Lipinski definition) is 6. The number of rotatable bonds is 3. The third kappa shape index (κ3) is 5.52. The predicted octanol–water partition coefficient (Wildman–Crippen LogP) is 1.65. The minimum Gasteiger partial charge on any atom is -0.475 e. The third-order valence-corrected chi connectivity index (χ3v) is 4.87. The Morgan fingerprint density at radius 1 is 1.14 bits per heavy atom. The molecule has 3 fully saturated rings. The minimum absolute atomic E-state index is 0.0253. The molecule has 0 spiro atoms. The monoisotopic (exact) mass is 420 g/mol. The summed E-state index contributed by atoms with van der Waals surface area (Å²) in [5.41, 5.74) is 0. The van der Waals surface area contributed by atoms with Gasteiger partial charge in [0.2, 0.25) is 11.9 Å². The third-order valence-electron chi connectivity index (χ3n) is 4.87. The van der Waals surface area contributed by atoms with E-state index in [0.717, 1.165) is 32.2 Å². The largest absolute Gasteiger partial charge is 0.490 e. The Kier molecular flexibility index (Phi) is 6.20. The highest BCUT2D eigenvalue weighted by atomic mass is 19.4. The topological polar surface area (TPSA) is 105 Å². The molecule has 1 aliphatic carbocycles. The van der Waals surface area contributed by atoms with E-state index in [0.29, 0.717) is 18.4 Å². The molecule has 0 unspecified atom stereocenters. The molecule has 1 amide bonds. The molecule has 1 aromatic rings. The summed E-state index contributed by atoms with van der Waals surface area (Å²) in [7, 11) is 0. The van der Waals surface area contributed by atoms with Crippen molar-refractivity contribution in [2.45, 2.75) is 62.6 Å². The van der Waals surface area contributed by atoms with Crippen molar-refractivity contribution in [3.05, 3.63) is 18.2 Å². The lowest BCUT2D eigenvalue weighted by Crippen LogP contribution is -2.48. The molecule has 0 radical (unpaired) electrons. The van der Waals surface area contributed by atoms with E-state index in [1.54, 1.807) is 0 Å². The number of fused-ring (bicyclic) bond motifs is 1. The van der Waals surface area contributed by atoms with Crippen molar-refractivity contribution in [2.24, 2.45) is 0 Å². The van der Waals surface area contributed by atoms with Gasteiger partial charge in [0.15, 0.2) is 5.82 Å². The van der Waals surface area contributed by atoms with Gasteiger partial charge in [-0.05, 0) is 32.1 Å². The Morgan fingerprint density at radius 3 is 2.31 bits per heavy atom. The number of nitrogens with zero attached hydrogens (tertiary/aromatic N) is 3. The first-order chi connectivity index (χ1) is 13.6. The summed E-state index contributed by atoms with van der Waals surface area (Å²) in [5, 5.41) is 10.1. The van der Waals surface area contributed by atoms with Crippen LogP contribution < -0.4 is 10.2 Å². The molecule has 3 aliphatic rings. The normalized spacial score (nSPS) is 26.2. The van der Waals surface area contributed by atoms with Crippen molar-refractivity contribution in [3.63, 3.8) is 0 Å². The molecule has 3 heterocycles. The molecule has 1 saturated carbocycles. The van der Waals surface area contributed by atoms with Crippen LogP contribution in [0.15, 0.2) is 12.4 Å². The van der Waals surface area contributed by atoms with Crippen LogP contribution in [0.5, 0.6) is 0 Å². The van der Waals surface area contributed by atoms with Crippen LogP contribution in [-0.2, 0) is 14.3 Å². The second-order valence-corrected chi connectivity index (χ2v) is 7.08. The van der Waals surface area contributed by atoms with E-state index >= 15 is 0 Å². The first kappa shape index (κ1) is 21.2. The summed E-state index contributed by atoms with van der Waals surface area (Å²) >= 11 is 0. The molecular formula is C17H20F4N4O4. The van der Waals surface area contributed by atoms with Crippen LogP contribution in [0.4, 0.5) is 23.5 Å². The van der Waals surface area contributed by atoms with Gasteiger partial charge in [0, 0.05) is 12.6 Å². The highest BCUT2D eigenvalue weighted by Gasteiger charge is 2.43. The predicted molar refractivity (Wildman–Crippen MR) is 90.5 cm³/mol. The lowest BCUT2D eigenvalue weighted by atomic mass is 9.98. The zero-order valence-electron chi connectivity index (χ0n) is 15.2. The maximum absolute atomic E-state index is 12.9. The van der Waals surface area contributed by atoms with Crippen molar-refractivity contribution in [1.29, 1.82) is 0 Å². The lowest BCUT2D eigenvalue weighted by molar-refractivity contribution is -0.192. The molecule has 0 bridgehead atoms. The Morgan fingerprint density at radius 2 is 1.76 bits per heavy atom. The summed E-state index contributed by atoms with van der Waals surface area (Å²) in [6.07, 6.45) is 1.56. The quantitative estimate of drug-likeness (QED) is 0.717. The van der Waals surface area contributed by atoms with Crippen LogP contribution in [0.3, 0.4) is 0 Å². The number of carboxylic acid groups (broad SMARTS) is 1. The molecule has 8 nitrogen and oxygen atoms in total. The van der Waals surface area contributed by atoms with Gasteiger partial charge in [0.1, 0.15) is 6.10 Å².